The van der Waals surface area contributed by atoms with Gasteiger partial charge in [-0.3, -0.25) is 19.5 Å². The molecule has 7 nitrogen and oxygen atoms in total. The molecule has 1 aliphatic heterocycles. The van der Waals surface area contributed by atoms with Gasteiger partial charge < -0.3 is 15.5 Å². The Morgan fingerprint density at radius 2 is 1.76 bits per heavy atom. The Kier molecular flexibility index (Phi) is 7.49. The zero-order chi connectivity index (χ0) is 23.9. The van der Waals surface area contributed by atoms with E-state index in [-0.39, 0.29) is 18.4 Å². The van der Waals surface area contributed by atoms with Crippen LogP contribution in [0.1, 0.15) is 17.2 Å². The third kappa shape index (κ3) is 5.96. The van der Waals surface area contributed by atoms with E-state index in [0.717, 1.165) is 43.0 Å². The summed E-state index contributed by atoms with van der Waals surface area (Å²) in [7, 11) is 0. The first kappa shape index (κ1) is 23.4. The zero-order valence-corrected chi connectivity index (χ0v) is 19.1. The first-order valence-electron chi connectivity index (χ1n) is 11.3. The van der Waals surface area contributed by atoms with Gasteiger partial charge in [0.1, 0.15) is 5.82 Å². The Labute approximate surface area is 198 Å². The highest BCUT2D eigenvalue weighted by Gasteiger charge is 2.27. The molecule has 0 saturated carbocycles. The normalized spacial score (nSPS) is 14.9. The number of nitrogens with zero attached hydrogens (tertiary/aromatic N) is 3. The van der Waals surface area contributed by atoms with Crippen molar-refractivity contribution in [1.29, 1.82) is 0 Å². The Bertz CT molecular complexity index is 1120. The highest BCUT2D eigenvalue weighted by Crippen LogP contribution is 2.24. The van der Waals surface area contributed by atoms with Crippen LogP contribution in [0.2, 0.25) is 0 Å². The van der Waals surface area contributed by atoms with E-state index in [1.165, 1.54) is 12.1 Å². The molecule has 0 spiro atoms. The summed E-state index contributed by atoms with van der Waals surface area (Å²) in [6.45, 7) is 5.24. The van der Waals surface area contributed by atoms with Crippen molar-refractivity contribution >= 4 is 23.2 Å². The number of amides is 2. The van der Waals surface area contributed by atoms with Crippen molar-refractivity contribution in [2.75, 3.05) is 42.9 Å². The van der Waals surface area contributed by atoms with Crippen LogP contribution in [0.25, 0.3) is 0 Å². The average Bonchev–Trinajstić information content (AvgIpc) is 2.85. The van der Waals surface area contributed by atoms with Gasteiger partial charge in [0.05, 0.1) is 6.04 Å². The summed E-state index contributed by atoms with van der Waals surface area (Å²) in [5.41, 5.74) is 3.53. The minimum atomic E-state index is -0.698. The van der Waals surface area contributed by atoms with Crippen LogP contribution in [0.5, 0.6) is 0 Å². The van der Waals surface area contributed by atoms with Crippen molar-refractivity contribution in [2.24, 2.45) is 0 Å². The number of pyridine rings is 1. The molecule has 0 aliphatic carbocycles. The topological polar surface area (TPSA) is 77.6 Å². The Morgan fingerprint density at radius 1 is 1.00 bits per heavy atom. The fourth-order valence-electron chi connectivity index (χ4n) is 4.15. The summed E-state index contributed by atoms with van der Waals surface area (Å²) >= 11 is 0. The van der Waals surface area contributed by atoms with Gasteiger partial charge in [0, 0.05) is 56.5 Å². The number of hydrogen-bond acceptors (Lipinski definition) is 5. The number of halogens is 1. The predicted molar refractivity (Wildman–Crippen MR) is 130 cm³/mol. The molecule has 2 heterocycles. The van der Waals surface area contributed by atoms with Crippen LogP contribution in [-0.4, -0.2) is 54.4 Å². The number of hydrogen-bond donors (Lipinski definition) is 2. The van der Waals surface area contributed by atoms with Gasteiger partial charge in [-0.25, -0.2) is 4.39 Å². The summed E-state index contributed by atoms with van der Waals surface area (Å²) in [5.74, 6) is -1.63. The lowest BCUT2D eigenvalue weighted by molar-refractivity contribution is -0.136. The van der Waals surface area contributed by atoms with Crippen molar-refractivity contribution in [1.82, 2.24) is 15.2 Å². The second-order valence-electron chi connectivity index (χ2n) is 8.34. The lowest BCUT2D eigenvalue weighted by Gasteiger charge is -2.40. The van der Waals surface area contributed by atoms with Crippen LogP contribution >= 0.6 is 0 Å². The number of benzene rings is 2. The maximum absolute atomic E-state index is 13.3. The van der Waals surface area contributed by atoms with Crippen LogP contribution in [0.15, 0.2) is 73.1 Å². The number of aromatic nitrogens is 1. The molecule has 34 heavy (non-hydrogen) atoms. The molecule has 8 heteroatoms. The fraction of sp³-hybridized carbons (Fsp3) is 0.269. The van der Waals surface area contributed by atoms with Gasteiger partial charge in [0.15, 0.2) is 0 Å². The molecular weight excluding hydrogens is 433 g/mol. The lowest BCUT2D eigenvalue weighted by atomic mass is 10.1. The van der Waals surface area contributed by atoms with Crippen molar-refractivity contribution in [3.05, 3.63) is 90.0 Å². The van der Waals surface area contributed by atoms with Crippen LogP contribution < -0.4 is 15.5 Å². The summed E-state index contributed by atoms with van der Waals surface area (Å²) < 4.78 is 13.3. The van der Waals surface area contributed by atoms with Gasteiger partial charge in [0.2, 0.25) is 0 Å². The van der Waals surface area contributed by atoms with E-state index in [0.29, 0.717) is 5.69 Å². The van der Waals surface area contributed by atoms with E-state index in [2.05, 4.69) is 25.4 Å². The molecular formula is C26H28FN5O2. The molecule has 2 aromatic carbocycles. The number of carbonyl (C=O) groups excluding carboxylic acids is 2. The Hall–Kier alpha value is -3.78. The third-order valence-corrected chi connectivity index (χ3v) is 5.95. The summed E-state index contributed by atoms with van der Waals surface area (Å²) in [6.07, 6.45) is 3.50. The second kappa shape index (κ2) is 10.9. The minimum Gasteiger partial charge on any atom is -0.369 e. The molecule has 4 rings (SSSR count). The van der Waals surface area contributed by atoms with Crippen molar-refractivity contribution in [3.63, 3.8) is 0 Å². The smallest absolute Gasteiger partial charge is 0.313 e. The predicted octanol–water partition coefficient (Wildman–Crippen LogP) is 3.15. The van der Waals surface area contributed by atoms with Crippen LogP contribution in [-0.2, 0) is 9.59 Å². The van der Waals surface area contributed by atoms with Gasteiger partial charge in [-0.15, -0.1) is 0 Å². The third-order valence-electron chi connectivity index (χ3n) is 5.95. The summed E-state index contributed by atoms with van der Waals surface area (Å²) in [4.78, 5) is 33.6. The summed E-state index contributed by atoms with van der Waals surface area (Å²) in [6, 6.07) is 17.5. The molecule has 1 saturated heterocycles. The number of rotatable bonds is 6. The highest BCUT2D eigenvalue weighted by molar-refractivity contribution is 6.39. The summed E-state index contributed by atoms with van der Waals surface area (Å²) in [5, 5.41) is 5.43. The van der Waals surface area contributed by atoms with E-state index in [9.17, 15) is 14.0 Å². The van der Waals surface area contributed by atoms with E-state index >= 15 is 0 Å². The van der Waals surface area contributed by atoms with Gasteiger partial charge >= 0.3 is 11.8 Å². The number of carbonyl (C=O) groups is 2. The van der Waals surface area contributed by atoms with Gasteiger partial charge in [-0.05, 0) is 60.5 Å². The van der Waals surface area contributed by atoms with Crippen molar-refractivity contribution in [3.8, 4) is 0 Å². The molecule has 3 aromatic rings. The number of anilines is 2. The Morgan fingerprint density at radius 3 is 2.44 bits per heavy atom. The molecule has 2 amide bonds. The van der Waals surface area contributed by atoms with Gasteiger partial charge in [-0.1, -0.05) is 18.2 Å². The largest absolute Gasteiger partial charge is 0.369 e. The standard InChI is InChI=1S/C26H28FN5O2/c1-19-4-2-6-22(16-19)30-26(34)25(33)29-18-24(20-5-3-11-28-17-20)32-14-12-31(13-15-32)23-9-7-21(27)8-10-23/h2-11,16-17,24H,12-15,18H2,1H3,(H,29,33)(H,30,34)/t24-/m0/s1. The minimum absolute atomic E-state index is 0.125. The Balaban J connectivity index is 1.38. The SMILES string of the molecule is Cc1cccc(NC(=O)C(=O)NC[C@@H](c2cccnc2)N2CCN(c3ccc(F)cc3)CC2)c1. The monoisotopic (exact) mass is 461 g/mol. The molecule has 1 fully saturated rings. The van der Waals surface area contributed by atoms with Crippen LogP contribution in [0.4, 0.5) is 15.8 Å². The molecule has 1 atom stereocenters. The highest BCUT2D eigenvalue weighted by atomic mass is 19.1. The molecule has 176 valence electrons. The first-order chi connectivity index (χ1) is 16.5. The van der Waals surface area contributed by atoms with Crippen LogP contribution in [0, 0.1) is 12.7 Å². The molecule has 1 aromatic heterocycles. The number of nitrogens with one attached hydrogen (secondary N) is 2. The van der Waals surface area contributed by atoms with Crippen molar-refractivity contribution in [2.45, 2.75) is 13.0 Å². The van der Waals surface area contributed by atoms with E-state index in [1.807, 2.05) is 37.3 Å². The lowest BCUT2D eigenvalue weighted by Crippen LogP contribution is -2.50. The molecule has 0 unspecified atom stereocenters. The quantitative estimate of drug-likeness (QED) is 0.552. The first-order valence-corrected chi connectivity index (χ1v) is 11.3. The zero-order valence-electron chi connectivity index (χ0n) is 19.1. The molecule has 0 bridgehead atoms. The second-order valence-corrected chi connectivity index (χ2v) is 8.34. The van der Waals surface area contributed by atoms with Gasteiger partial charge in [-0.2, -0.15) is 0 Å². The van der Waals surface area contributed by atoms with Crippen molar-refractivity contribution < 1.29 is 14.0 Å². The van der Waals surface area contributed by atoms with E-state index < -0.39 is 11.8 Å². The molecule has 1 aliphatic rings. The number of aryl methyl sites for hydroxylation is 1. The van der Waals surface area contributed by atoms with E-state index in [1.54, 1.807) is 30.6 Å². The van der Waals surface area contributed by atoms with Gasteiger partial charge in [0.25, 0.3) is 0 Å². The fourth-order valence-corrected chi connectivity index (χ4v) is 4.15. The number of piperazine rings is 1. The molecule has 0 radical (unpaired) electrons. The maximum Gasteiger partial charge on any atom is 0.313 e. The van der Waals surface area contributed by atoms with E-state index in [4.69, 9.17) is 0 Å². The average molecular weight is 462 g/mol. The maximum atomic E-state index is 13.3. The van der Waals surface area contributed by atoms with Crippen LogP contribution in [0.3, 0.4) is 0 Å². The molecule has 2 N–H and O–H groups in total.